The van der Waals surface area contributed by atoms with E-state index < -0.39 is 18.2 Å². The molecule has 0 bridgehead atoms. The Labute approximate surface area is 161 Å². The number of aliphatic hydroxyl groups is 2. The summed E-state index contributed by atoms with van der Waals surface area (Å²) < 4.78 is 0. The Bertz CT molecular complexity index is 573. The van der Waals surface area contributed by atoms with E-state index in [-0.39, 0.29) is 30.5 Å². The first kappa shape index (κ1) is 23.1. The van der Waals surface area contributed by atoms with Gasteiger partial charge < -0.3 is 15.3 Å². The van der Waals surface area contributed by atoms with Crippen LogP contribution in [0.5, 0.6) is 0 Å². The van der Waals surface area contributed by atoms with E-state index in [1.54, 1.807) is 12.2 Å². The van der Waals surface area contributed by atoms with Gasteiger partial charge in [0.15, 0.2) is 0 Å². The fourth-order valence-electron chi connectivity index (χ4n) is 3.10. The summed E-state index contributed by atoms with van der Waals surface area (Å²) in [4.78, 5) is 22.5. The lowest BCUT2D eigenvalue weighted by atomic mass is 9.90. The fourth-order valence-corrected chi connectivity index (χ4v) is 3.10. The van der Waals surface area contributed by atoms with E-state index >= 15 is 0 Å². The Morgan fingerprint density at radius 2 is 1.93 bits per heavy atom. The Morgan fingerprint density at radius 1 is 1.19 bits per heavy atom. The van der Waals surface area contributed by atoms with Crippen LogP contribution in [0.3, 0.4) is 0 Å². The summed E-state index contributed by atoms with van der Waals surface area (Å²) in [7, 11) is 0. The zero-order valence-electron chi connectivity index (χ0n) is 16.0. The van der Waals surface area contributed by atoms with Gasteiger partial charge in [0.05, 0.1) is 12.2 Å². The molecule has 0 spiro atoms. The van der Waals surface area contributed by atoms with Crippen LogP contribution in [-0.4, -0.2) is 39.3 Å². The van der Waals surface area contributed by atoms with Crippen LogP contribution in [0.15, 0.2) is 48.6 Å². The molecule has 3 N–H and O–H groups in total. The van der Waals surface area contributed by atoms with Gasteiger partial charge in [0.1, 0.15) is 5.78 Å². The summed E-state index contributed by atoms with van der Waals surface area (Å²) >= 11 is 0. The second-order valence-electron chi connectivity index (χ2n) is 6.84. The van der Waals surface area contributed by atoms with Crippen molar-refractivity contribution < 1.29 is 24.9 Å². The van der Waals surface area contributed by atoms with Gasteiger partial charge in [-0.05, 0) is 32.1 Å². The molecule has 0 saturated heterocycles. The monoisotopic (exact) mass is 376 g/mol. The molecule has 1 saturated carbocycles. The van der Waals surface area contributed by atoms with Crippen LogP contribution in [-0.2, 0) is 9.59 Å². The van der Waals surface area contributed by atoms with Gasteiger partial charge in [0, 0.05) is 24.7 Å². The minimum Gasteiger partial charge on any atom is -0.481 e. The summed E-state index contributed by atoms with van der Waals surface area (Å²) in [5.41, 5.74) is 0. The molecule has 27 heavy (non-hydrogen) atoms. The zero-order chi connectivity index (χ0) is 20.1. The number of hydrogen-bond donors (Lipinski definition) is 3. The molecular weight excluding hydrogens is 344 g/mol. The van der Waals surface area contributed by atoms with Gasteiger partial charge in [-0.25, -0.2) is 0 Å². The van der Waals surface area contributed by atoms with Crippen LogP contribution in [0, 0.1) is 11.8 Å². The van der Waals surface area contributed by atoms with E-state index in [1.807, 2.05) is 43.4 Å². The molecule has 1 aliphatic rings. The Balaban J connectivity index is 2.40. The highest BCUT2D eigenvalue weighted by molar-refractivity contribution is 5.86. The second-order valence-corrected chi connectivity index (χ2v) is 6.84. The molecule has 1 fully saturated rings. The van der Waals surface area contributed by atoms with Crippen LogP contribution in [0.1, 0.15) is 51.9 Å². The van der Waals surface area contributed by atoms with E-state index in [1.165, 1.54) is 0 Å². The Hall–Kier alpha value is -1.98. The van der Waals surface area contributed by atoms with E-state index in [0.717, 1.165) is 6.42 Å². The number of allylic oxidation sites excluding steroid dienone is 6. The van der Waals surface area contributed by atoms with Crippen molar-refractivity contribution >= 4 is 11.8 Å². The normalized spacial score (nSPS) is 24.9. The first-order valence-electron chi connectivity index (χ1n) is 9.69. The highest BCUT2D eigenvalue weighted by atomic mass is 16.4. The number of aliphatic hydroxyl groups excluding tert-OH is 2. The molecule has 1 rings (SSSR count). The largest absolute Gasteiger partial charge is 0.481 e. The van der Waals surface area contributed by atoms with Crippen LogP contribution < -0.4 is 0 Å². The lowest BCUT2D eigenvalue weighted by Gasteiger charge is -2.16. The lowest BCUT2D eigenvalue weighted by molar-refractivity contribution is -0.136. The van der Waals surface area contributed by atoms with Crippen molar-refractivity contribution in [1.29, 1.82) is 0 Å². The van der Waals surface area contributed by atoms with Crippen LogP contribution in [0.2, 0.25) is 0 Å². The molecule has 0 heterocycles. The average Bonchev–Trinajstić information content (AvgIpc) is 2.88. The number of carboxylic acids is 1. The first-order valence-corrected chi connectivity index (χ1v) is 9.69. The smallest absolute Gasteiger partial charge is 0.303 e. The van der Waals surface area contributed by atoms with Gasteiger partial charge in [0.2, 0.25) is 0 Å². The summed E-state index contributed by atoms with van der Waals surface area (Å²) in [5.74, 6) is -1.22. The maximum atomic E-state index is 12.1. The van der Waals surface area contributed by atoms with Crippen molar-refractivity contribution in [2.45, 2.75) is 64.1 Å². The molecule has 0 aliphatic heterocycles. The van der Waals surface area contributed by atoms with Crippen molar-refractivity contribution in [3.63, 3.8) is 0 Å². The zero-order valence-corrected chi connectivity index (χ0v) is 16.0. The average molecular weight is 376 g/mol. The van der Waals surface area contributed by atoms with Crippen molar-refractivity contribution in [2.24, 2.45) is 11.8 Å². The molecule has 0 aromatic heterocycles. The highest BCUT2D eigenvalue weighted by Gasteiger charge is 2.39. The topological polar surface area (TPSA) is 94.8 Å². The lowest BCUT2D eigenvalue weighted by Crippen LogP contribution is -2.19. The van der Waals surface area contributed by atoms with Gasteiger partial charge in [-0.2, -0.15) is 0 Å². The molecule has 4 atom stereocenters. The molecular formula is C22H32O5. The third-order valence-corrected chi connectivity index (χ3v) is 4.60. The van der Waals surface area contributed by atoms with Crippen LogP contribution in [0.4, 0.5) is 0 Å². The molecule has 0 aromatic carbocycles. The Morgan fingerprint density at radius 3 is 2.63 bits per heavy atom. The standard InChI is InChI=1S/C22H32O5/c1-2-3-8-12-18-19(21(25)16-20(18)24)15-14-17(23)11-9-6-4-5-7-10-13-22(26)27/h3,5-9,14-15,17-20,23-24H,2,4,10-13,16H2,1H3,(H,26,27)/b7-5-,8-3-,9-6-,15-14+/t17-,18-,19-,20+/m1/s1. The highest BCUT2D eigenvalue weighted by Crippen LogP contribution is 2.33. The number of rotatable bonds is 12. The maximum Gasteiger partial charge on any atom is 0.303 e. The molecule has 0 radical (unpaired) electrons. The predicted molar refractivity (Wildman–Crippen MR) is 106 cm³/mol. The molecule has 5 nitrogen and oxygen atoms in total. The predicted octanol–water partition coefficient (Wildman–Crippen LogP) is 3.58. The minimum absolute atomic E-state index is 0.0305. The van der Waals surface area contributed by atoms with E-state index in [4.69, 9.17) is 5.11 Å². The molecule has 0 amide bonds. The van der Waals surface area contributed by atoms with Gasteiger partial charge in [-0.15, -0.1) is 0 Å². The quantitative estimate of drug-likeness (QED) is 0.453. The van der Waals surface area contributed by atoms with Gasteiger partial charge in [0.25, 0.3) is 0 Å². The number of hydrogen-bond acceptors (Lipinski definition) is 4. The number of carboxylic acid groups (broad SMARTS) is 1. The summed E-state index contributed by atoms with van der Waals surface area (Å²) in [6.45, 7) is 2.04. The van der Waals surface area contributed by atoms with Crippen molar-refractivity contribution in [2.75, 3.05) is 0 Å². The van der Waals surface area contributed by atoms with Crippen molar-refractivity contribution in [3.8, 4) is 0 Å². The van der Waals surface area contributed by atoms with Gasteiger partial charge >= 0.3 is 5.97 Å². The third kappa shape index (κ3) is 9.50. The molecule has 150 valence electrons. The second kappa shape index (κ2) is 13.2. The summed E-state index contributed by atoms with van der Waals surface area (Å²) in [5, 5.41) is 28.7. The van der Waals surface area contributed by atoms with E-state index in [2.05, 4.69) is 0 Å². The summed E-state index contributed by atoms with van der Waals surface area (Å²) in [6.07, 6.45) is 17.2. The first-order chi connectivity index (χ1) is 13.0. The van der Waals surface area contributed by atoms with Crippen LogP contribution >= 0.6 is 0 Å². The number of carbonyl (C=O) groups is 2. The van der Waals surface area contributed by atoms with E-state index in [9.17, 15) is 19.8 Å². The molecule has 0 aromatic rings. The molecule has 0 unspecified atom stereocenters. The number of Topliss-reactive ketones (excluding diaryl/α,β-unsaturated/α-hetero) is 1. The number of aliphatic carboxylic acids is 1. The Kier molecular flexibility index (Phi) is 11.3. The van der Waals surface area contributed by atoms with Crippen LogP contribution in [0.25, 0.3) is 0 Å². The molecule has 1 aliphatic carbocycles. The fraction of sp³-hybridized carbons (Fsp3) is 0.545. The number of ketones is 1. The third-order valence-electron chi connectivity index (χ3n) is 4.60. The van der Waals surface area contributed by atoms with E-state index in [0.29, 0.717) is 25.7 Å². The van der Waals surface area contributed by atoms with Crippen molar-refractivity contribution in [1.82, 2.24) is 0 Å². The maximum absolute atomic E-state index is 12.1. The summed E-state index contributed by atoms with van der Waals surface area (Å²) in [6, 6.07) is 0. The van der Waals surface area contributed by atoms with Crippen molar-refractivity contribution in [3.05, 3.63) is 48.6 Å². The van der Waals surface area contributed by atoms with Gasteiger partial charge in [-0.3, -0.25) is 9.59 Å². The minimum atomic E-state index is -0.804. The van der Waals surface area contributed by atoms with Gasteiger partial charge in [-0.1, -0.05) is 55.5 Å². The number of carbonyl (C=O) groups excluding carboxylic acids is 1. The molecule has 5 heteroatoms. The SMILES string of the molecule is CC/C=C\C[C@H]1[C@@H](O)CC(=O)[C@@H]1/C=C/[C@H](O)C/C=C\C/C=C\CCC(=O)O.